The first-order valence-corrected chi connectivity index (χ1v) is 6.19. The highest BCUT2D eigenvalue weighted by Crippen LogP contribution is 2.22. The molecule has 98 valence electrons. The molecular formula is C16H22O2. The molecule has 18 heavy (non-hydrogen) atoms. The highest BCUT2D eigenvalue weighted by Gasteiger charge is 1.99. The summed E-state index contributed by atoms with van der Waals surface area (Å²) in [6.07, 6.45) is 7.31. The fourth-order valence-corrected chi connectivity index (χ4v) is 1.55. The third-order valence-corrected chi connectivity index (χ3v) is 2.54. The third-order valence-electron chi connectivity index (χ3n) is 2.54. The number of ether oxygens (including phenoxy) is 2. The summed E-state index contributed by atoms with van der Waals surface area (Å²) in [5.41, 5.74) is 2.43. The predicted molar refractivity (Wildman–Crippen MR) is 76.4 cm³/mol. The summed E-state index contributed by atoms with van der Waals surface area (Å²) in [7, 11) is 1.68. The molecule has 0 amide bonds. The Bertz CT molecular complexity index is 427. The standard InChI is InChI=1S/C16H22O2/c1-13(2)8-6-5-7-11-18-15-9-10-16(17-4)14(3)12-15/h5,7-10,12H,6,11H2,1-4H3/b7-5+. The molecule has 0 aliphatic rings. The van der Waals surface area contributed by atoms with Crippen LogP contribution < -0.4 is 9.47 Å². The largest absolute Gasteiger partial charge is 0.496 e. The van der Waals surface area contributed by atoms with Gasteiger partial charge in [0, 0.05) is 0 Å². The molecular weight excluding hydrogens is 224 g/mol. The number of aryl methyl sites for hydroxylation is 1. The van der Waals surface area contributed by atoms with E-state index < -0.39 is 0 Å². The molecule has 0 bridgehead atoms. The van der Waals surface area contributed by atoms with Crippen LogP contribution in [-0.4, -0.2) is 13.7 Å². The van der Waals surface area contributed by atoms with Crippen molar-refractivity contribution in [2.75, 3.05) is 13.7 Å². The lowest BCUT2D eigenvalue weighted by molar-refractivity contribution is 0.360. The molecule has 0 saturated carbocycles. The van der Waals surface area contributed by atoms with Gasteiger partial charge in [-0.05, 0) is 51.0 Å². The van der Waals surface area contributed by atoms with Crippen molar-refractivity contribution < 1.29 is 9.47 Å². The minimum Gasteiger partial charge on any atom is -0.496 e. The lowest BCUT2D eigenvalue weighted by Gasteiger charge is -2.07. The van der Waals surface area contributed by atoms with Crippen LogP contribution >= 0.6 is 0 Å². The summed E-state index contributed by atoms with van der Waals surface area (Å²) >= 11 is 0. The molecule has 0 atom stereocenters. The van der Waals surface area contributed by atoms with Crippen molar-refractivity contribution in [2.24, 2.45) is 0 Å². The second-order valence-corrected chi connectivity index (χ2v) is 4.43. The normalized spacial score (nSPS) is 10.4. The lowest BCUT2D eigenvalue weighted by Crippen LogP contribution is -1.94. The quantitative estimate of drug-likeness (QED) is 0.697. The average Bonchev–Trinajstić information content (AvgIpc) is 2.33. The summed E-state index contributed by atoms with van der Waals surface area (Å²) in [4.78, 5) is 0. The maximum atomic E-state index is 5.63. The minimum atomic E-state index is 0.600. The maximum Gasteiger partial charge on any atom is 0.122 e. The molecule has 0 heterocycles. The van der Waals surface area contributed by atoms with Crippen LogP contribution in [0.2, 0.25) is 0 Å². The van der Waals surface area contributed by atoms with Gasteiger partial charge in [0.1, 0.15) is 18.1 Å². The Morgan fingerprint density at radius 3 is 2.61 bits per heavy atom. The van der Waals surface area contributed by atoms with Crippen molar-refractivity contribution in [3.8, 4) is 11.5 Å². The van der Waals surface area contributed by atoms with Gasteiger partial charge >= 0.3 is 0 Å². The Morgan fingerprint density at radius 2 is 2.00 bits per heavy atom. The number of hydrogen-bond acceptors (Lipinski definition) is 2. The first-order valence-electron chi connectivity index (χ1n) is 6.19. The monoisotopic (exact) mass is 246 g/mol. The van der Waals surface area contributed by atoms with E-state index >= 15 is 0 Å². The van der Waals surface area contributed by atoms with Gasteiger partial charge in [-0.2, -0.15) is 0 Å². The molecule has 0 fully saturated rings. The van der Waals surface area contributed by atoms with E-state index in [2.05, 4.69) is 26.0 Å². The Hall–Kier alpha value is -1.70. The van der Waals surface area contributed by atoms with Crippen LogP contribution in [0.15, 0.2) is 42.0 Å². The second-order valence-electron chi connectivity index (χ2n) is 4.43. The molecule has 0 aliphatic heterocycles. The van der Waals surface area contributed by atoms with Crippen LogP contribution in [0.1, 0.15) is 25.8 Å². The van der Waals surface area contributed by atoms with E-state index in [-0.39, 0.29) is 0 Å². The van der Waals surface area contributed by atoms with Crippen molar-refractivity contribution in [3.05, 3.63) is 47.6 Å². The van der Waals surface area contributed by atoms with E-state index in [1.54, 1.807) is 7.11 Å². The predicted octanol–water partition coefficient (Wildman–Crippen LogP) is 4.29. The van der Waals surface area contributed by atoms with E-state index in [4.69, 9.17) is 9.47 Å². The van der Waals surface area contributed by atoms with Gasteiger partial charge in [-0.25, -0.2) is 0 Å². The summed E-state index contributed by atoms with van der Waals surface area (Å²) in [5.74, 6) is 1.77. The topological polar surface area (TPSA) is 18.5 Å². The number of hydrogen-bond donors (Lipinski definition) is 0. The van der Waals surface area contributed by atoms with Crippen LogP contribution in [-0.2, 0) is 0 Å². The fraction of sp³-hybridized carbons (Fsp3) is 0.375. The van der Waals surface area contributed by atoms with Crippen LogP contribution in [0.5, 0.6) is 11.5 Å². The third kappa shape index (κ3) is 5.09. The van der Waals surface area contributed by atoms with Gasteiger partial charge in [-0.15, -0.1) is 0 Å². The van der Waals surface area contributed by atoms with E-state index in [1.165, 1.54) is 5.57 Å². The molecule has 0 radical (unpaired) electrons. The first-order chi connectivity index (χ1) is 8.63. The van der Waals surface area contributed by atoms with Crippen LogP contribution in [0.4, 0.5) is 0 Å². The molecule has 0 saturated heterocycles. The van der Waals surface area contributed by atoms with Gasteiger partial charge in [-0.3, -0.25) is 0 Å². The minimum absolute atomic E-state index is 0.600. The first kappa shape index (κ1) is 14.4. The zero-order valence-electron chi connectivity index (χ0n) is 11.7. The Balaban J connectivity index is 2.40. The molecule has 0 spiro atoms. The van der Waals surface area contributed by atoms with E-state index in [0.717, 1.165) is 23.5 Å². The number of methoxy groups -OCH3 is 1. The smallest absolute Gasteiger partial charge is 0.122 e. The SMILES string of the molecule is COc1ccc(OC/C=C/CC=C(C)C)cc1C. The Kier molecular flexibility index (Phi) is 6.06. The summed E-state index contributed by atoms with van der Waals surface area (Å²) in [6, 6.07) is 5.84. The van der Waals surface area contributed by atoms with Gasteiger partial charge in [0.05, 0.1) is 7.11 Å². The van der Waals surface area contributed by atoms with Crippen molar-refractivity contribution in [1.82, 2.24) is 0 Å². The molecule has 1 aromatic rings. The zero-order valence-corrected chi connectivity index (χ0v) is 11.7. The molecule has 0 unspecified atom stereocenters. The summed E-state index contributed by atoms with van der Waals surface area (Å²) < 4.78 is 10.8. The molecule has 2 nitrogen and oxygen atoms in total. The maximum absolute atomic E-state index is 5.63. The van der Waals surface area contributed by atoms with Gasteiger partial charge in [0.25, 0.3) is 0 Å². The average molecular weight is 246 g/mol. The zero-order chi connectivity index (χ0) is 13.4. The lowest BCUT2D eigenvalue weighted by atomic mass is 10.2. The second kappa shape index (κ2) is 7.59. The highest BCUT2D eigenvalue weighted by atomic mass is 16.5. The van der Waals surface area contributed by atoms with Gasteiger partial charge < -0.3 is 9.47 Å². The van der Waals surface area contributed by atoms with Gasteiger partial charge in [0.2, 0.25) is 0 Å². The van der Waals surface area contributed by atoms with Crippen LogP contribution in [0.25, 0.3) is 0 Å². The van der Waals surface area contributed by atoms with Gasteiger partial charge in [-0.1, -0.05) is 23.8 Å². The summed E-state index contributed by atoms with van der Waals surface area (Å²) in [5, 5.41) is 0. The number of allylic oxidation sites excluding steroid dienone is 3. The fourth-order valence-electron chi connectivity index (χ4n) is 1.55. The van der Waals surface area contributed by atoms with E-state index in [0.29, 0.717) is 6.61 Å². The van der Waals surface area contributed by atoms with Crippen LogP contribution in [0, 0.1) is 6.92 Å². The highest BCUT2D eigenvalue weighted by molar-refractivity contribution is 5.39. The number of rotatable bonds is 6. The van der Waals surface area contributed by atoms with Crippen molar-refractivity contribution in [3.63, 3.8) is 0 Å². The van der Waals surface area contributed by atoms with Crippen molar-refractivity contribution >= 4 is 0 Å². The van der Waals surface area contributed by atoms with Gasteiger partial charge in [0.15, 0.2) is 0 Å². The van der Waals surface area contributed by atoms with Crippen molar-refractivity contribution in [2.45, 2.75) is 27.2 Å². The Morgan fingerprint density at radius 1 is 1.22 bits per heavy atom. The molecule has 0 N–H and O–H groups in total. The van der Waals surface area contributed by atoms with Crippen molar-refractivity contribution in [1.29, 1.82) is 0 Å². The van der Waals surface area contributed by atoms with Crippen LogP contribution in [0.3, 0.4) is 0 Å². The molecule has 0 aliphatic carbocycles. The molecule has 2 heteroatoms. The molecule has 1 aromatic carbocycles. The Labute approximate surface area is 110 Å². The summed E-state index contributed by atoms with van der Waals surface area (Å²) in [6.45, 7) is 6.81. The molecule has 0 aromatic heterocycles. The van der Waals surface area contributed by atoms with E-state index in [1.807, 2.05) is 31.2 Å². The molecule has 1 rings (SSSR count). The number of benzene rings is 1. The van der Waals surface area contributed by atoms with E-state index in [9.17, 15) is 0 Å².